The summed E-state index contributed by atoms with van der Waals surface area (Å²) >= 11 is 3.43. The Labute approximate surface area is 203 Å². The molecule has 0 unspecified atom stereocenters. The predicted molar refractivity (Wildman–Crippen MR) is 136 cm³/mol. The van der Waals surface area contributed by atoms with E-state index in [4.69, 9.17) is 4.74 Å². The molecule has 3 aromatic rings. The number of nitrogens with one attached hydrogen (secondary N) is 1. The van der Waals surface area contributed by atoms with Crippen molar-refractivity contribution >= 4 is 27.5 Å². The van der Waals surface area contributed by atoms with Gasteiger partial charge in [-0.15, -0.1) is 0 Å². The number of hydrogen-bond donors (Lipinski definition) is 1. The van der Waals surface area contributed by atoms with E-state index >= 15 is 0 Å². The van der Waals surface area contributed by atoms with Gasteiger partial charge in [0.15, 0.2) is 5.65 Å². The Bertz CT molecular complexity index is 1110. The van der Waals surface area contributed by atoms with Crippen LogP contribution in [0.5, 0.6) is 0 Å². The molecule has 0 aliphatic carbocycles. The number of unbranched alkanes of at least 4 members (excludes halogenated alkanes) is 9. The van der Waals surface area contributed by atoms with Crippen LogP contribution in [0.15, 0.2) is 39.7 Å². The molecule has 178 valence electrons. The molecule has 0 spiro atoms. The molecule has 2 heterocycles. The quantitative estimate of drug-likeness (QED) is 0.199. The number of H-pyrrole nitrogens is 1. The smallest absolute Gasteiger partial charge is 0.342 e. The van der Waals surface area contributed by atoms with Crippen molar-refractivity contribution < 1.29 is 9.53 Å². The zero-order valence-electron chi connectivity index (χ0n) is 19.7. The summed E-state index contributed by atoms with van der Waals surface area (Å²) in [4.78, 5) is 33.0. The Morgan fingerprint density at radius 1 is 1.00 bits per heavy atom. The van der Waals surface area contributed by atoms with Crippen LogP contribution in [0.2, 0.25) is 0 Å². The zero-order valence-corrected chi connectivity index (χ0v) is 21.2. The molecular formula is C26H34BrN3O3. The fourth-order valence-electron chi connectivity index (χ4n) is 4.03. The van der Waals surface area contributed by atoms with Gasteiger partial charge in [0.25, 0.3) is 0 Å². The number of carbonyl (C=O) groups excluding carboxylic acids is 1. The number of aromatic nitrogens is 3. The maximum atomic E-state index is 12.9. The number of rotatable bonds is 13. The van der Waals surface area contributed by atoms with Gasteiger partial charge in [-0.1, -0.05) is 95.0 Å². The first kappa shape index (κ1) is 25.2. The normalized spacial score (nSPS) is 11.2. The largest absolute Gasteiger partial charge is 0.462 e. The number of fused-ring (bicyclic) bond motifs is 1. The van der Waals surface area contributed by atoms with Gasteiger partial charge in [0, 0.05) is 5.56 Å². The molecule has 33 heavy (non-hydrogen) atoms. The van der Waals surface area contributed by atoms with E-state index in [0.717, 1.165) is 18.4 Å². The number of ether oxygens (including phenoxy) is 1. The van der Waals surface area contributed by atoms with Crippen LogP contribution >= 0.6 is 15.9 Å². The number of carbonyl (C=O) groups is 1. The third kappa shape index (κ3) is 6.56. The summed E-state index contributed by atoms with van der Waals surface area (Å²) < 4.78 is 7.45. The average molecular weight is 516 g/mol. The molecule has 2 aromatic heterocycles. The van der Waals surface area contributed by atoms with Gasteiger partial charge in [0.2, 0.25) is 0 Å². The summed E-state index contributed by atoms with van der Waals surface area (Å²) in [6.45, 7) is 4.40. The van der Waals surface area contributed by atoms with Gasteiger partial charge in [0.05, 0.1) is 11.2 Å². The maximum absolute atomic E-state index is 12.9. The lowest BCUT2D eigenvalue weighted by atomic mass is 10.1. The lowest BCUT2D eigenvalue weighted by Crippen LogP contribution is -2.19. The van der Waals surface area contributed by atoms with Crippen LogP contribution in [-0.4, -0.2) is 26.9 Å². The van der Waals surface area contributed by atoms with Crippen LogP contribution in [-0.2, 0) is 4.74 Å². The van der Waals surface area contributed by atoms with E-state index in [1.165, 1.54) is 55.8 Å². The Kier molecular flexibility index (Phi) is 9.73. The van der Waals surface area contributed by atoms with Gasteiger partial charge in [0.1, 0.15) is 11.4 Å². The fourth-order valence-corrected chi connectivity index (χ4v) is 4.56. The standard InChI is InChI=1S/C26H34BrN3O3/c1-3-4-5-6-7-8-9-10-11-15-18-33-25(31)21-19(2)22(27)30-24(21)28-23(29-26(30)32)20-16-13-12-14-17-20/h12-14,16-17H,3-11,15,18H2,1-2H3,(H,28,29,32). The van der Waals surface area contributed by atoms with E-state index in [1.807, 2.05) is 30.3 Å². The molecule has 0 saturated carbocycles. The van der Waals surface area contributed by atoms with Crippen molar-refractivity contribution in [1.29, 1.82) is 0 Å². The number of benzene rings is 1. The molecule has 0 radical (unpaired) electrons. The molecule has 0 amide bonds. The van der Waals surface area contributed by atoms with Crippen molar-refractivity contribution in [1.82, 2.24) is 14.4 Å². The highest BCUT2D eigenvalue weighted by molar-refractivity contribution is 9.10. The van der Waals surface area contributed by atoms with Crippen molar-refractivity contribution in [2.75, 3.05) is 6.61 Å². The van der Waals surface area contributed by atoms with Crippen molar-refractivity contribution in [3.05, 3.63) is 56.5 Å². The SMILES string of the molecule is CCCCCCCCCCCCOC(=O)c1c(C)c(Br)n2c(=O)[nH]c(-c3ccccc3)nc12. The van der Waals surface area contributed by atoms with Gasteiger partial charge in [-0.3, -0.25) is 4.98 Å². The second kappa shape index (κ2) is 12.7. The Morgan fingerprint density at radius 2 is 1.61 bits per heavy atom. The maximum Gasteiger partial charge on any atom is 0.342 e. The second-order valence-electron chi connectivity index (χ2n) is 8.52. The zero-order chi connectivity index (χ0) is 23.6. The highest BCUT2D eigenvalue weighted by Gasteiger charge is 2.24. The number of nitrogens with zero attached hydrogens (tertiary/aromatic N) is 2. The number of aromatic amines is 1. The molecule has 1 N–H and O–H groups in total. The molecule has 0 saturated heterocycles. The summed E-state index contributed by atoms with van der Waals surface area (Å²) in [5.41, 5.74) is 1.69. The number of esters is 1. The highest BCUT2D eigenvalue weighted by Crippen LogP contribution is 2.27. The number of halogens is 1. The Hall–Kier alpha value is -2.41. The Balaban J connectivity index is 1.58. The number of hydrogen-bond acceptors (Lipinski definition) is 4. The van der Waals surface area contributed by atoms with Gasteiger partial charge in [-0.25, -0.2) is 19.0 Å². The topological polar surface area (TPSA) is 76.5 Å². The van der Waals surface area contributed by atoms with Gasteiger partial charge in [-0.05, 0) is 34.8 Å². The molecular weight excluding hydrogens is 482 g/mol. The van der Waals surface area contributed by atoms with Crippen molar-refractivity contribution in [3.63, 3.8) is 0 Å². The van der Waals surface area contributed by atoms with Crippen molar-refractivity contribution in [2.24, 2.45) is 0 Å². The Morgan fingerprint density at radius 3 is 2.24 bits per heavy atom. The summed E-state index contributed by atoms with van der Waals surface area (Å²) in [6.07, 6.45) is 12.2. The monoisotopic (exact) mass is 515 g/mol. The van der Waals surface area contributed by atoms with E-state index in [0.29, 0.717) is 33.8 Å². The first-order chi connectivity index (χ1) is 16.0. The molecule has 7 heteroatoms. The molecule has 0 aliphatic heterocycles. The molecule has 6 nitrogen and oxygen atoms in total. The fraction of sp³-hybridized carbons (Fsp3) is 0.500. The molecule has 0 atom stereocenters. The summed E-state index contributed by atoms with van der Waals surface area (Å²) in [6, 6.07) is 9.38. The van der Waals surface area contributed by atoms with Crippen LogP contribution in [0.25, 0.3) is 17.0 Å². The lowest BCUT2D eigenvalue weighted by molar-refractivity contribution is 0.0499. The van der Waals surface area contributed by atoms with Crippen molar-refractivity contribution in [2.45, 2.75) is 78.1 Å². The minimum atomic E-state index is -0.441. The van der Waals surface area contributed by atoms with E-state index < -0.39 is 5.97 Å². The van der Waals surface area contributed by atoms with E-state index in [2.05, 4.69) is 32.8 Å². The van der Waals surface area contributed by atoms with Gasteiger partial charge >= 0.3 is 11.7 Å². The first-order valence-electron chi connectivity index (χ1n) is 12.1. The third-order valence-corrected chi connectivity index (χ3v) is 6.89. The van der Waals surface area contributed by atoms with Crippen LogP contribution in [0.1, 0.15) is 87.1 Å². The molecule has 1 aromatic carbocycles. The summed E-state index contributed by atoms with van der Waals surface area (Å²) in [5.74, 6) is -0.0226. The van der Waals surface area contributed by atoms with Gasteiger partial charge < -0.3 is 4.74 Å². The molecule has 0 bridgehead atoms. The molecule has 0 fully saturated rings. The van der Waals surface area contributed by atoms with Crippen molar-refractivity contribution in [3.8, 4) is 11.4 Å². The first-order valence-corrected chi connectivity index (χ1v) is 12.9. The van der Waals surface area contributed by atoms with Gasteiger partial charge in [-0.2, -0.15) is 0 Å². The average Bonchev–Trinajstić information content (AvgIpc) is 3.08. The van der Waals surface area contributed by atoms with E-state index in [1.54, 1.807) is 6.92 Å². The van der Waals surface area contributed by atoms with Crippen LogP contribution < -0.4 is 5.69 Å². The second-order valence-corrected chi connectivity index (χ2v) is 9.28. The summed E-state index contributed by atoms with van der Waals surface area (Å²) in [7, 11) is 0. The minimum absolute atomic E-state index is 0.301. The van der Waals surface area contributed by atoms with E-state index in [9.17, 15) is 9.59 Å². The van der Waals surface area contributed by atoms with Crippen LogP contribution in [0, 0.1) is 6.92 Å². The third-order valence-electron chi connectivity index (χ3n) is 5.94. The molecule has 3 rings (SSSR count). The van der Waals surface area contributed by atoms with Crippen LogP contribution in [0.4, 0.5) is 0 Å². The minimum Gasteiger partial charge on any atom is -0.462 e. The van der Waals surface area contributed by atoms with E-state index in [-0.39, 0.29) is 5.69 Å². The lowest BCUT2D eigenvalue weighted by Gasteiger charge is -2.06. The molecule has 0 aliphatic rings. The van der Waals surface area contributed by atoms with Crippen LogP contribution in [0.3, 0.4) is 0 Å². The highest BCUT2D eigenvalue weighted by atomic mass is 79.9. The predicted octanol–water partition coefficient (Wildman–Crippen LogP) is 6.84. The summed E-state index contributed by atoms with van der Waals surface area (Å²) in [5, 5.41) is 0.